The van der Waals surface area contributed by atoms with E-state index in [1.165, 1.54) is 12.1 Å². The molecule has 2 aromatic rings. The number of sulfonamides is 1. The lowest BCUT2D eigenvalue weighted by Crippen LogP contribution is -2.15. The van der Waals surface area contributed by atoms with Crippen LogP contribution < -0.4 is 4.72 Å². The number of aromatic nitrogens is 1. The maximum atomic E-state index is 12.4. The summed E-state index contributed by atoms with van der Waals surface area (Å²) in [5, 5.41) is 0. The Hall–Kier alpha value is -2.21. The largest absolute Gasteiger partial charge is 0.294 e. The van der Waals surface area contributed by atoms with Crippen LogP contribution in [0.4, 0.5) is 5.82 Å². The fourth-order valence-corrected chi connectivity index (χ4v) is 3.17. The SMILES string of the molecule is CCC(=O)c1cccc(S(=O)(=O)Nc2cc(C)cc(C)n2)c1. The molecule has 0 radical (unpaired) electrons. The second kappa shape index (κ2) is 6.27. The molecule has 1 aromatic carbocycles. The van der Waals surface area contributed by atoms with Crippen LogP contribution in [0, 0.1) is 13.8 Å². The molecule has 0 saturated heterocycles. The van der Waals surface area contributed by atoms with E-state index >= 15 is 0 Å². The summed E-state index contributed by atoms with van der Waals surface area (Å²) in [6.07, 6.45) is 0.329. The summed E-state index contributed by atoms with van der Waals surface area (Å²) in [6, 6.07) is 9.53. The third-order valence-electron chi connectivity index (χ3n) is 3.12. The molecule has 22 heavy (non-hydrogen) atoms. The number of anilines is 1. The van der Waals surface area contributed by atoms with Gasteiger partial charge in [0.05, 0.1) is 4.90 Å². The van der Waals surface area contributed by atoms with Crippen molar-refractivity contribution in [3.63, 3.8) is 0 Å². The maximum absolute atomic E-state index is 12.4. The summed E-state index contributed by atoms with van der Waals surface area (Å²) >= 11 is 0. The van der Waals surface area contributed by atoms with Crippen molar-refractivity contribution in [3.8, 4) is 0 Å². The third-order valence-corrected chi connectivity index (χ3v) is 4.48. The highest BCUT2D eigenvalue weighted by Crippen LogP contribution is 2.18. The number of hydrogen-bond acceptors (Lipinski definition) is 4. The number of rotatable bonds is 5. The molecule has 0 unspecified atom stereocenters. The first-order valence-corrected chi connectivity index (χ1v) is 8.41. The van der Waals surface area contributed by atoms with E-state index in [9.17, 15) is 13.2 Å². The van der Waals surface area contributed by atoms with Gasteiger partial charge in [0.15, 0.2) is 5.78 Å². The van der Waals surface area contributed by atoms with Crippen LogP contribution in [0.1, 0.15) is 35.0 Å². The molecule has 0 aliphatic carbocycles. The molecule has 1 N–H and O–H groups in total. The zero-order chi connectivity index (χ0) is 16.3. The maximum Gasteiger partial charge on any atom is 0.263 e. The highest BCUT2D eigenvalue weighted by atomic mass is 32.2. The first kappa shape index (κ1) is 16.2. The average molecular weight is 318 g/mol. The van der Waals surface area contributed by atoms with Crippen LogP contribution in [0.2, 0.25) is 0 Å². The molecule has 0 fully saturated rings. The summed E-state index contributed by atoms with van der Waals surface area (Å²) in [7, 11) is -3.78. The predicted molar refractivity (Wildman–Crippen MR) is 85.6 cm³/mol. The average Bonchev–Trinajstić information content (AvgIpc) is 2.45. The van der Waals surface area contributed by atoms with E-state index in [-0.39, 0.29) is 16.5 Å². The van der Waals surface area contributed by atoms with Crippen molar-refractivity contribution in [1.29, 1.82) is 0 Å². The van der Waals surface area contributed by atoms with Crippen molar-refractivity contribution >= 4 is 21.6 Å². The Kier molecular flexibility index (Phi) is 4.61. The van der Waals surface area contributed by atoms with Gasteiger partial charge in [0.25, 0.3) is 10.0 Å². The Labute approximate surface area is 130 Å². The van der Waals surface area contributed by atoms with Crippen molar-refractivity contribution < 1.29 is 13.2 Å². The van der Waals surface area contributed by atoms with E-state index in [2.05, 4.69) is 9.71 Å². The minimum Gasteiger partial charge on any atom is -0.294 e. The molecule has 0 atom stereocenters. The van der Waals surface area contributed by atoms with Crippen LogP contribution in [0.3, 0.4) is 0 Å². The van der Waals surface area contributed by atoms with Crippen molar-refractivity contribution in [1.82, 2.24) is 4.98 Å². The molecule has 1 heterocycles. The van der Waals surface area contributed by atoms with Crippen LogP contribution in [-0.4, -0.2) is 19.2 Å². The predicted octanol–water partition coefficient (Wildman–Crippen LogP) is 3.09. The molecule has 1 aromatic heterocycles. The van der Waals surface area contributed by atoms with Gasteiger partial charge in [0, 0.05) is 17.7 Å². The first-order chi connectivity index (χ1) is 10.3. The van der Waals surface area contributed by atoms with Crippen molar-refractivity contribution in [2.24, 2.45) is 0 Å². The molecule has 5 nitrogen and oxygen atoms in total. The number of aryl methyl sites for hydroxylation is 2. The number of carbonyl (C=O) groups is 1. The number of nitrogens with zero attached hydrogens (tertiary/aromatic N) is 1. The summed E-state index contributed by atoms with van der Waals surface area (Å²) < 4.78 is 27.3. The molecule has 116 valence electrons. The lowest BCUT2D eigenvalue weighted by atomic mass is 10.1. The topological polar surface area (TPSA) is 76.1 Å². The minimum atomic E-state index is -3.78. The number of ketones is 1. The standard InChI is InChI=1S/C16H18N2O3S/c1-4-15(19)13-6-5-7-14(10-13)22(20,21)18-16-9-11(2)8-12(3)17-16/h5-10H,4H2,1-3H3,(H,17,18). The lowest BCUT2D eigenvalue weighted by Gasteiger charge is -2.09. The molecule has 0 spiro atoms. The Morgan fingerprint density at radius 1 is 1.18 bits per heavy atom. The molecule has 0 amide bonds. The Morgan fingerprint density at radius 2 is 1.91 bits per heavy atom. The quantitative estimate of drug-likeness (QED) is 0.860. The summed E-state index contributed by atoms with van der Waals surface area (Å²) in [6.45, 7) is 5.40. The van der Waals surface area contributed by atoms with Crippen molar-refractivity contribution in [3.05, 3.63) is 53.2 Å². The van der Waals surface area contributed by atoms with Crippen molar-refractivity contribution in [2.75, 3.05) is 4.72 Å². The van der Waals surface area contributed by atoms with E-state index in [0.29, 0.717) is 12.0 Å². The van der Waals surface area contributed by atoms with Gasteiger partial charge in [-0.3, -0.25) is 9.52 Å². The minimum absolute atomic E-state index is 0.0489. The number of carbonyl (C=O) groups excluding carboxylic acids is 1. The zero-order valence-corrected chi connectivity index (χ0v) is 13.6. The third kappa shape index (κ3) is 3.71. The molecule has 2 rings (SSSR count). The van der Waals surface area contributed by atoms with Crippen LogP contribution in [-0.2, 0) is 10.0 Å². The fraction of sp³-hybridized carbons (Fsp3) is 0.250. The van der Waals surface area contributed by atoms with E-state index in [0.717, 1.165) is 11.3 Å². The second-order valence-corrected chi connectivity index (χ2v) is 6.76. The smallest absolute Gasteiger partial charge is 0.263 e. The molecule has 6 heteroatoms. The molecule has 0 aliphatic heterocycles. The molecular weight excluding hydrogens is 300 g/mol. The summed E-state index contributed by atoms with van der Waals surface area (Å²) in [5.74, 6) is 0.172. The number of nitrogens with one attached hydrogen (secondary N) is 1. The van der Waals surface area contributed by atoms with Gasteiger partial charge in [-0.05, 0) is 43.7 Å². The van der Waals surface area contributed by atoms with Gasteiger partial charge in [0.2, 0.25) is 0 Å². The number of benzene rings is 1. The summed E-state index contributed by atoms with van der Waals surface area (Å²) in [4.78, 5) is 15.9. The lowest BCUT2D eigenvalue weighted by molar-refractivity contribution is 0.0988. The number of hydrogen-bond donors (Lipinski definition) is 1. The summed E-state index contributed by atoms with van der Waals surface area (Å²) in [5.41, 5.74) is 2.03. The number of pyridine rings is 1. The van der Waals surface area contributed by atoms with E-state index in [1.807, 2.05) is 13.0 Å². The van der Waals surface area contributed by atoms with Crippen LogP contribution in [0.5, 0.6) is 0 Å². The van der Waals surface area contributed by atoms with Gasteiger partial charge < -0.3 is 0 Å². The molecule has 0 aliphatic rings. The van der Waals surface area contributed by atoms with Gasteiger partial charge in [-0.15, -0.1) is 0 Å². The zero-order valence-electron chi connectivity index (χ0n) is 12.8. The Balaban J connectivity index is 2.36. The van der Waals surface area contributed by atoms with Gasteiger partial charge in [-0.25, -0.2) is 13.4 Å². The van der Waals surface area contributed by atoms with E-state index < -0.39 is 10.0 Å². The van der Waals surface area contributed by atoms with Crippen LogP contribution in [0.25, 0.3) is 0 Å². The van der Waals surface area contributed by atoms with E-state index in [4.69, 9.17) is 0 Å². The van der Waals surface area contributed by atoms with Gasteiger partial charge in [0.1, 0.15) is 5.82 Å². The molecule has 0 saturated carbocycles. The van der Waals surface area contributed by atoms with Gasteiger partial charge in [-0.2, -0.15) is 0 Å². The highest BCUT2D eigenvalue weighted by Gasteiger charge is 2.17. The first-order valence-electron chi connectivity index (χ1n) is 6.93. The van der Waals surface area contributed by atoms with Gasteiger partial charge >= 0.3 is 0 Å². The number of Topliss-reactive ketones (excluding diaryl/α,β-unsaturated/α-hetero) is 1. The Morgan fingerprint density at radius 3 is 2.55 bits per heavy atom. The van der Waals surface area contributed by atoms with E-state index in [1.54, 1.807) is 32.0 Å². The second-order valence-electron chi connectivity index (χ2n) is 5.08. The normalized spacial score (nSPS) is 11.2. The molecular formula is C16H18N2O3S. The van der Waals surface area contributed by atoms with Crippen LogP contribution >= 0.6 is 0 Å². The van der Waals surface area contributed by atoms with Gasteiger partial charge in [-0.1, -0.05) is 19.1 Å². The highest BCUT2D eigenvalue weighted by molar-refractivity contribution is 7.92. The van der Waals surface area contributed by atoms with Crippen molar-refractivity contribution in [2.45, 2.75) is 32.1 Å². The molecule has 0 bridgehead atoms. The monoisotopic (exact) mass is 318 g/mol. The fourth-order valence-electron chi connectivity index (χ4n) is 2.13. The Bertz CT molecular complexity index is 794. The van der Waals surface area contributed by atoms with Crippen LogP contribution in [0.15, 0.2) is 41.3 Å².